The van der Waals surface area contributed by atoms with Crippen molar-refractivity contribution in [3.05, 3.63) is 70.2 Å². The quantitative estimate of drug-likeness (QED) is 0.388. The number of para-hydroxylation sites is 1. The van der Waals surface area contributed by atoms with E-state index in [2.05, 4.69) is 20.1 Å². The van der Waals surface area contributed by atoms with Gasteiger partial charge in [0.05, 0.1) is 16.7 Å². The van der Waals surface area contributed by atoms with Gasteiger partial charge < -0.3 is 4.52 Å². The fourth-order valence-corrected chi connectivity index (χ4v) is 3.46. The first-order valence-electron chi connectivity index (χ1n) is 8.55. The van der Waals surface area contributed by atoms with Gasteiger partial charge in [0.2, 0.25) is 5.89 Å². The normalized spacial score (nSPS) is 11.2. The zero-order chi connectivity index (χ0) is 18.8. The van der Waals surface area contributed by atoms with E-state index >= 15 is 0 Å². The molecule has 0 aliphatic heterocycles. The Labute approximate surface area is 159 Å². The van der Waals surface area contributed by atoms with E-state index < -0.39 is 0 Å². The van der Waals surface area contributed by atoms with Crippen molar-refractivity contribution in [3.63, 3.8) is 0 Å². The SMILES string of the molecule is CCc1noc(CSc2nc3ccccc3c(=O)n2-c2ccc(C)cn2)n1. The third-order valence-electron chi connectivity index (χ3n) is 4.02. The summed E-state index contributed by atoms with van der Waals surface area (Å²) in [5.74, 6) is 2.12. The molecule has 3 aromatic heterocycles. The summed E-state index contributed by atoms with van der Waals surface area (Å²) in [6.45, 7) is 3.92. The van der Waals surface area contributed by atoms with Crippen molar-refractivity contribution >= 4 is 22.7 Å². The second-order valence-corrected chi connectivity index (χ2v) is 6.93. The number of rotatable bonds is 5. The van der Waals surface area contributed by atoms with Gasteiger partial charge in [-0.05, 0) is 30.7 Å². The highest BCUT2D eigenvalue weighted by Crippen LogP contribution is 2.23. The van der Waals surface area contributed by atoms with Crippen molar-refractivity contribution in [1.82, 2.24) is 24.7 Å². The van der Waals surface area contributed by atoms with E-state index in [-0.39, 0.29) is 5.56 Å². The molecule has 4 aromatic rings. The molecule has 0 amide bonds. The van der Waals surface area contributed by atoms with E-state index in [1.165, 1.54) is 16.3 Å². The highest BCUT2D eigenvalue weighted by atomic mass is 32.2. The van der Waals surface area contributed by atoms with Crippen LogP contribution in [0.1, 0.15) is 24.2 Å². The van der Waals surface area contributed by atoms with Crippen LogP contribution in [0.4, 0.5) is 0 Å². The molecule has 0 saturated carbocycles. The zero-order valence-electron chi connectivity index (χ0n) is 14.9. The highest BCUT2D eigenvalue weighted by Gasteiger charge is 2.15. The molecule has 7 nitrogen and oxygen atoms in total. The van der Waals surface area contributed by atoms with E-state index in [4.69, 9.17) is 4.52 Å². The predicted molar refractivity (Wildman–Crippen MR) is 103 cm³/mol. The number of benzene rings is 1. The number of fused-ring (bicyclic) bond motifs is 1. The Morgan fingerprint density at radius 3 is 2.74 bits per heavy atom. The van der Waals surface area contributed by atoms with Crippen LogP contribution in [0.5, 0.6) is 0 Å². The van der Waals surface area contributed by atoms with Crippen molar-refractivity contribution in [3.8, 4) is 5.82 Å². The Hall–Kier alpha value is -3.00. The number of aromatic nitrogens is 5. The van der Waals surface area contributed by atoms with Crippen LogP contribution in [0.2, 0.25) is 0 Å². The lowest BCUT2D eigenvalue weighted by Gasteiger charge is -2.12. The number of nitrogens with zero attached hydrogens (tertiary/aromatic N) is 5. The highest BCUT2D eigenvalue weighted by molar-refractivity contribution is 7.98. The first kappa shape index (κ1) is 17.4. The van der Waals surface area contributed by atoms with Crippen molar-refractivity contribution in [2.75, 3.05) is 0 Å². The van der Waals surface area contributed by atoms with E-state index in [0.29, 0.717) is 45.8 Å². The second kappa shape index (κ2) is 7.32. The summed E-state index contributed by atoms with van der Waals surface area (Å²) in [5.41, 5.74) is 1.51. The van der Waals surface area contributed by atoms with Gasteiger partial charge in [0.25, 0.3) is 5.56 Å². The maximum atomic E-state index is 13.1. The molecule has 0 unspecified atom stereocenters. The summed E-state index contributed by atoms with van der Waals surface area (Å²) < 4.78 is 6.77. The van der Waals surface area contributed by atoms with Gasteiger partial charge in [-0.2, -0.15) is 4.98 Å². The first-order valence-corrected chi connectivity index (χ1v) is 9.53. The average molecular weight is 379 g/mol. The maximum absolute atomic E-state index is 13.1. The monoisotopic (exact) mass is 379 g/mol. The molecule has 136 valence electrons. The largest absolute Gasteiger partial charge is 0.338 e. The third kappa shape index (κ3) is 3.48. The fourth-order valence-electron chi connectivity index (χ4n) is 2.62. The fraction of sp³-hybridized carbons (Fsp3) is 0.211. The van der Waals surface area contributed by atoms with Crippen LogP contribution in [0, 0.1) is 6.92 Å². The first-order chi connectivity index (χ1) is 13.2. The van der Waals surface area contributed by atoms with Crippen LogP contribution >= 0.6 is 11.8 Å². The second-order valence-electron chi connectivity index (χ2n) is 5.99. The summed E-state index contributed by atoms with van der Waals surface area (Å²) in [4.78, 5) is 26.5. The Balaban J connectivity index is 1.80. The maximum Gasteiger partial charge on any atom is 0.267 e. The number of pyridine rings is 1. The molecule has 0 radical (unpaired) electrons. The van der Waals surface area contributed by atoms with Crippen LogP contribution in [0.3, 0.4) is 0 Å². The number of thioether (sulfide) groups is 1. The number of hydrogen-bond acceptors (Lipinski definition) is 7. The van der Waals surface area contributed by atoms with Gasteiger partial charge >= 0.3 is 0 Å². The summed E-state index contributed by atoms with van der Waals surface area (Å²) >= 11 is 1.37. The lowest BCUT2D eigenvalue weighted by atomic mass is 10.2. The van der Waals surface area contributed by atoms with Crippen LogP contribution < -0.4 is 5.56 Å². The number of aryl methyl sites for hydroxylation is 2. The Morgan fingerprint density at radius 2 is 2.00 bits per heavy atom. The van der Waals surface area contributed by atoms with Crippen molar-refractivity contribution in [2.24, 2.45) is 0 Å². The Kier molecular flexibility index (Phi) is 4.72. The smallest absolute Gasteiger partial charge is 0.267 e. The van der Waals surface area contributed by atoms with Gasteiger partial charge in [0, 0.05) is 12.6 Å². The van der Waals surface area contributed by atoms with Crippen LogP contribution in [-0.2, 0) is 12.2 Å². The van der Waals surface area contributed by atoms with Gasteiger partial charge in [-0.3, -0.25) is 4.79 Å². The minimum atomic E-state index is -0.153. The molecule has 0 saturated heterocycles. The molecule has 0 atom stereocenters. The molecule has 4 rings (SSSR count). The minimum absolute atomic E-state index is 0.153. The summed E-state index contributed by atoms with van der Waals surface area (Å²) in [5, 5.41) is 4.99. The molecule has 0 N–H and O–H groups in total. The van der Waals surface area contributed by atoms with Gasteiger partial charge in [0.1, 0.15) is 5.82 Å². The molecule has 0 spiro atoms. The van der Waals surface area contributed by atoms with Crippen molar-refractivity contribution < 1.29 is 4.52 Å². The molecule has 27 heavy (non-hydrogen) atoms. The lowest BCUT2D eigenvalue weighted by molar-refractivity contribution is 0.385. The molecule has 0 aliphatic rings. The molecule has 1 aromatic carbocycles. The minimum Gasteiger partial charge on any atom is -0.338 e. The molecular formula is C19H17N5O2S. The van der Waals surface area contributed by atoms with Gasteiger partial charge in [-0.1, -0.05) is 42.0 Å². The van der Waals surface area contributed by atoms with E-state index in [0.717, 1.165) is 5.56 Å². The molecule has 0 bridgehead atoms. The summed E-state index contributed by atoms with van der Waals surface area (Å²) in [6.07, 6.45) is 2.44. The lowest BCUT2D eigenvalue weighted by Crippen LogP contribution is -2.22. The van der Waals surface area contributed by atoms with Gasteiger partial charge in [-0.25, -0.2) is 14.5 Å². The molecular weight excluding hydrogens is 362 g/mol. The van der Waals surface area contributed by atoms with E-state index in [9.17, 15) is 4.79 Å². The summed E-state index contributed by atoms with van der Waals surface area (Å²) in [6, 6.07) is 11.0. The van der Waals surface area contributed by atoms with Crippen molar-refractivity contribution in [1.29, 1.82) is 0 Å². The van der Waals surface area contributed by atoms with Gasteiger partial charge in [0.15, 0.2) is 11.0 Å². The molecule has 0 aliphatic carbocycles. The molecule has 0 fully saturated rings. The van der Waals surface area contributed by atoms with E-state index in [1.807, 2.05) is 44.2 Å². The predicted octanol–water partition coefficient (Wildman–Crippen LogP) is 3.33. The van der Waals surface area contributed by atoms with Crippen molar-refractivity contribution in [2.45, 2.75) is 31.2 Å². The number of hydrogen-bond donors (Lipinski definition) is 0. The van der Waals surface area contributed by atoms with Crippen LogP contribution in [0.25, 0.3) is 16.7 Å². The topological polar surface area (TPSA) is 86.7 Å². The van der Waals surface area contributed by atoms with Crippen LogP contribution in [-0.4, -0.2) is 24.7 Å². The standard InChI is InChI=1S/C19H17N5O2S/c1-3-15-22-17(26-23-15)11-27-19-21-14-7-5-4-6-13(14)18(25)24(19)16-9-8-12(2)10-20-16/h4-10H,3,11H2,1-2H3. The summed E-state index contributed by atoms with van der Waals surface area (Å²) in [7, 11) is 0. The molecule has 8 heteroatoms. The van der Waals surface area contributed by atoms with Crippen LogP contribution in [0.15, 0.2) is 57.1 Å². The van der Waals surface area contributed by atoms with E-state index in [1.54, 1.807) is 12.3 Å². The average Bonchev–Trinajstić information content (AvgIpc) is 3.16. The Morgan fingerprint density at radius 1 is 1.15 bits per heavy atom. The third-order valence-corrected chi connectivity index (χ3v) is 4.94. The van der Waals surface area contributed by atoms with Gasteiger partial charge in [-0.15, -0.1) is 0 Å². The zero-order valence-corrected chi connectivity index (χ0v) is 15.7. The molecule has 3 heterocycles. The Bertz CT molecular complexity index is 1150.